The fourth-order valence-electron chi connectivity index (χ4n) is 8.34. The number of cyclic esters (lactones) is 1. The number of rotatable bonds is 0. The van der Waals surface area contributed by atoms with Gasteiger partial charge in [0.1, 0.15) is 5.60 Å². The van der Waals surface area contributed by atoms with Crippen molar-refractivity contribution in [2.24, 2.45) is 34.0 Å². The lowest BCUT2D eigenvalue weighted by Crippen LogP contribution is -2.67. The Bertz CT molecular complexity index is 658. The van der Waals surface area contributed by atoms with Crippen molar-refractivity contribution in [3.8, 4) is 0 Å². The van der Waals surface area contributed by atoms with Crippen molar-refractivity contribution in [1.29, 1.82) is 0 Å². The SMILES string of the molecule is C[C@@]12CC[C@@H]3[C@]4(CCC[C@]3(C)C(=O)OC4)[C@H]1CC[C@]1(C)OC(=O)C[C@@H]21. The summed E-state index contributed by atoms with van der Waals surface area (Å²) >= 11 is 0. The molecule has 138 valence electrons. The second-order valence-corrected chi connectivity index (χ2v) is 10.3. The maximum Gasteiger partial charge on any atom is 0.312 e. The molecule has 2 saturated heterocycles. The van der Waals surface area contributed by atoms with Crippen LogP contribution < -0.4 is 0 Å². The lowest BCUT2D eigenvalue weighted by molar-refractivity contribution is -0.250. The van der Waals surface area contributed by atoms with Gasteiger partial charge in [0.05, 0.1) is 18.4 Å². The van der Waals surface area contributed by atoms with Crippen LogP contribution in [0.5, 0.6) is 0 Å². The lowest BCUT2D eigenvalue weighted by atomic mass is 9.37. The summed E-state index contributed by atoms with van der Waals surface area (Å²) in [5.74, 6) is 1.33. The second kappa shape index (κ2) is 4.61. The molecule has 7 atom stereocenters. The van der Waals surface area contributed by atoms with E-state index in [1.165, 1.54) is 6.42 Å². The number of ether oxygens (including phenoxy) is 2. The van der Waals surface area contributed by atoms with E-state index < -0.39 is 0 Å². The normalized spacial score (nSPS) is 57.0. The molecule has 0 aromatic heterocycles. The van der Waals surface area contributed by atoms with Gasteiger partial charge in [-0.1, -0.05) is 13.3 Å². The van der Waals surface area contributed by atoms with Gasteiger partial charge in [0, 0.05) is 11.3 Å². The molecule has 3 aliphatic carbocycles. The summed E-state index contributed by atoms with van der Waals surface area (Å²) < 4.78 is 11.6. The smallest absolute Gasteiger partial charge is 0.312 e. The van der Waals surface area contributed by atoms with Crippen LogP contribution in [0.3, 0.4) is 0 Å². The van der Waals surface area contributed by atoms with Crippen molar-refractivity contribution in [1.82, 2.24) is 0 Å². The third-order valence-electron chi connectivity index (χ3n) is 9.38. The van der Waals surface area contributed by atoms with Gasteiger partial charge < -0.3 is 9.47 Å². The third kappa shape index (κ3) is 1.74. The van der Waals surface area contributed by atoms with E-state index in [0.717, 1.165) is 38.5 Å². The van der Waals surface area contributed by atoms with E-state index in [4.69, 9.17) is 9.47 Å². The number of esters is 2. The monoisotopic (exact) mass is 346 g/mol. The zero-order chi connectivity index (χ0) is 17.7. The van der Waals surface area contributed by atoms with Crippen LogP contribution in [0.2, 0.25) is 0 Å². The topological polar surface area (TPSA) is 52.6 Å². The van der Waals surface area contributed by atoms with E-state index >= 15 is 0 Å². The van der Waals surface area contributed by atoms with Crippen molar-refractivity contribution < 1.29 is 19.1 Å². The molecule has 4 heteroatoms. The molecule has 2 heterocycles. The van der Waals surface area contributed by atoms with Crippen LogP contribution in [-0.4, -0.2) is 24.1 Å². The van der Waals surface area contributed by atoms with Gasteiger partial charge in [-0.3, -0.25) is 9.59 Å². The molecule has 5 rings (SSSR count). The molecular weight excluding hydrogens is 316 g/mol. The molecule has 0 radical (unpaired) electrons. The maximum absolute atomic E-state index is 12.6. The Kier molecular flexibility index (Phi) is 2.98. The van der Waals surface area contributed by atoms with Crippen LogP contribution in [0.4, 0.5) is 0 Å². The molecule has 0 amide bonds. The molecule has 5 aliphatic rings. The third-order valence-corrected chi connectivity index (χ3v) is 9.38. The Balaban J connectivity index is 1.59. The Morgan fingerprint density at radius 3 is 2.48 bits per heavy atom. The van der Waals surface area contributed by atoms with Crippen molar-refractivity contribution in [2.75, 3.05) is 6.61 Å². The minimum atomic E-state index is -0.291. The first-order chi connectivity index (χ1) is 11.7. The maximum atomic E-state index is 12.6. The molecule has 0 unspecified atom stereocenters. The first-order valence-electron chi connectivity index (χ1n) is 10.1. The minimum Gasteiger partial charge on any atom is -0.465 e. The van der Waals surface area contributed by atoms with E-state index in [1.807, 2.05) is 0 Å². The van der Waals surface area contributed by atoms with Crippen LogP contribution >= 0.6 is 0 Å². The van der Waals surface area contributed by atoms with Crippen molar-refractivity contribution in [2.45, 2.75) is 77.7 Å². The zero-order valence-corrected chi connectivity index (χ0v) is 15.7. The second-order valence-electron chi connectivity index (χ2n) is 10.3. The predicted molar refractivity (Wildman–Crippen MR) is 91.5 cm³/mol. The molecule has 0 aromatic rings. The van der Waals surface area contributed by atoms with Crippen LogP contribution in [0, 0.1) is 34.0 Å². The van der Waals surface area contributed by atoms with Gasteiger partial charge in [-0.25, -0.2) is 0 Å². The molecule has 25 heavy (non-hydrogen) atoms. The molecule has 0 N–H and O–H groups in total. The molecule has 0 spiro atoms. The molecule has 5 fully saturated rings. The van der Waals surface area contributed by atoms with E-state index in [9.17, 15) is 9.59 Å². The average Bonchev–Trinajstić information content (AvgIpc) is 2.87. The number of carbonyl (C=O) groups excluding carboxylic acids is 2. The summed E-state index contributed by atoms with van der Waals surface area (Å²) in [6.07, 6.45) is 8.13. The van der Waals surface area contributed by atoms with E-state index in [2.05, 4.69) is 20.8 Å². The van der Waals surface area contributed by atoms with Gasteiger partial charge in [-0.15, -0.1) is 0 Å². The van der Waals surface area contributed by atoms with Crippen LogP contribution in [0.15, 0.2) is 0 Å². The largest absolute Gasteiger partial charge is 0.465 e. The summed E-state index contributed by atoms with van der Waals surface area (Å²) in [6.45, 7) is 7.32. The molecular formula is C21H30O4. The fourth-order valence-corrected chi connectivity index (χ4v) is 8.34. The number of fused-ring (bicyclic) bond motifs is 3. The van der Waals surface area contributed by atoms with E-state index in [1.54, 1.807) is 0 Å². The highest BCUT2D eigenvalue weighted by Crippen LogP contribution is 2.72. The summed E-state index contributed by atoms with van der Waals surface area (Å²) in [5, 5.41) is 0. The van der Waals surface area contributed by atoms with Crippen LogP contribution in [0.25, 0.3) is 0 Å². The fraction of sp³-hybridized carbons (Fsp3) is 0.905. The summed E-state index contributed by atoms with van der Waals surface area (Å²) in [5.41, 5.74) is -0.325. The molecule has 0 aromatic carbocycles. The first kappa shape index (κ1) is 16.1. The highest BCUT2D eigenvalue weighted by atomic mass is 16.6. The predicted octanol–water partition coefficient (Wildman–Crippen LogP) is 3.87. The standard InChI is InChI=1S/C21H30O4/c1-18-9-5-14-19(2)7-4-8-21(14,12-24-17(19)23)13(18)6-10-20(3)15(18)11-16(22)25-20/h13-15H,4-12H2,1-3H3/t13-,14-,15-,18+,19-,20-,21-/m0/s1. The molecule has 3 saturated carbocycles. The van der Waals surface area contributed by atoms with E-state index in [0.29, 0.717) is 30.8 Å². The van der Waals surface area contributed by atoms with Gasteiger partial charge in [0.25, 0.3) is 0 Å². The van der Waals surface area contributed by atoms with Gasteiger partial charge in [-0.05, 0) is 69.6 Å². The highest BCUT2D eigenvalue weighted by Gasteiger charge is 2.71. The molecule has 2 aliphatic heterocycles. The number of carbonyl (C=O) groups is 2. The Morgan fingerprint density at radius 2 is 1.68 bits per heavy atom. The number of hydrogen-bond acceptors (Lipinski definition) is 4. The Hall–Kier alpha value is -1.06. The van der Waals surface area contributed by atoms with Gasteiger partial charge in [-0.2, -0.15) is 0 Å². The highest BCUT2D eigenvalue weighted by molar-refractivity contribution is 5.78. The lowest BCUT2D eigenvalue weighted by Gasteiger charge is -2.68. The minimum absolute atomic E-state index is 0.0162. The van der Waals surface area contributed by atoms with Crippen molar-refractivity contribution >= 4 is 11.9 Å². The van der Waals surface area contributed by atoms with Crippen molar-refractivity contribution in [3.05, 3.63) is 0 Å². The Morgan fingerprint density at radius 1 is 0.920 bits per heavy atom. The summed E-state index contributed by atoms with van der Waals surface area (Å²) in [6, 6.07) is 0. The van der Waals surface area contributed by atoms with Gasteiger partial charge in [0.15, 0.2) is 0 Å². The molecule has 4 nitrogen and oxygen atoms in total. The molecule has 2 bridgehead atoms. The van der Waals surface area contributed by atoms with E-state index in [-0.39, 0.29) is 33.8 Å². The van der Waals surface area contributed by atoms with Gasteiger partial charge >= 0.3 is 11.9 Å². The summed E-state index contributed by atoms with van der Waals surface area (Å²) in [4.78, 5) is 24.7. The summed E-state index contributed by atoms with van der Waals surface area (Å²) in [7, 11) is 0. The first-order valence-corrected chi connectivity index (χ1v) is 10.1. The van der Waals surface area contributed by atoms with Gasteiger partial charge in [0.2, 0.25) is 0 Å². The van der Waals surface area contributed by atoms with Crippen LogP contribution in [0.1, 0.15) is 72.1 Å². The number of hydrogen-bond donors (Lipinski definition) is 0. The Labute approximate surface area is 150 Å². The van der Waals surface area contributed by atoms with Crippen LogP contribution in [-0.2, 0) is 19.1 Å². The average molecular weight is 346 g/mol. The quantitative estimate of drug-likeness (QED) is 0.625. The van der Waals surface area contributed by atoms with Crippen molar-refractivity contribution in [3.63, 3.8) is 0 Å². The zero-order valence-electron chi connectivity index (χ0n) is 15.7.